The Bertz CT molecular complexity index is 552. The zero-order valence-electron chi connectivity index (χ0n) is 11.0. The van der Waals surface area contributed by atoms with Crippen LogP contribution in [0.2, 0.25) is 0 Å². The maximum Gasteiger partial charge on any atom is 0.165 e. The van der Waals surface area contributed by atoms with Gasteiger partial charge in [0.25, 0.3) is 0 Å². The molecule has 1 heterocycles. The second-order valence-electron chi connectivity index (χ2n) is 4.28. The third-order valence-electron chi connectivity index (χ3n) is 2.94. The molecule has 1 aromatic heterocycles. The maximum absolute atomic E-state index is 13.8. The summed E-state index contributed by atoms with van der Waals surface area (Å²) < 4.78 is 21.1. The lowest BCUT2D eigenvalue weighted by molar-refractivity contribution is 0.198. The molecule has 0 bridgehead atoms. The maximum atomic E-state index is 13.8. The fourth-order valence-electron chi connectivity index (χ4n) is 1.80. The Labute approximate surface area is 111 Å². The van der Waals surface area contributed by atoms with E-state index >= 15 is 0 Å². The monoisotopic (exact) mass is 264 g/mol. The quantitative estimate of drug-likeness (QED) is 0.903. The highest BCUT2D eigenvalue weighted by molar-refractivity contribution is 5.30. The average Bonchev–Trinajstić information content (AvgIpc) is 2.84. The summed E-state index contributed by atoms with van der Waals surface area (Å²) in [6.45, 7) is 4.60. The highest BCUT2D eigenvalue weighted by Gasteiger charge is 2.09. The molecule has 1 N–H and O–H groups in total. The minimum atomic E-state index is -0.692. The van der Waals surface area contributed by atoms with E-state index in [2.05, 4.69) is 4.98 Å². The molecule has 0 amide bonds. The molecule has 0 saturated carbocycles. The number of aliphatic hydroxyl groups excluding tert-OH is 1. The number of aliphatic hydroxyl groups is 1. The molecule has 2 aromatic rings. The molecule has 4 nitrogen and oxygen atoms in total. The molecule has 1 atom stereocenters. The summed E-state index contributed by atoms with van der Waals surface area (Å²) in [7, 11) is 0. The number of hydrogen-bond acceptors (Lipinski definition) is 3. The molecular weight excluding hydrogens is 247 g/mol. The van der Waals surface area contributed by atoms with Crippen molar-refractivity contribution in [2.45, 2.75) is 33.1 Å². The Balaban J connectivity index is 2.08. The zero-order chi connectivity index (χ0) is 13.8. The van der Waals surface area contributed by atoms with Crippen molar-refractivity contribution in [3.63, 3.8) is 0 Å². The molecule has 5 heteroatoms. The van der Waals surface area contributed by atoms with Crippen LogP contribution in [0.3, 0.4) is 0 Å². The van der Waals surface area contributed by atoms with Gasteiger partial charge in [0.15, 0.2) is 11.6 Å². The first-order chi connectivity index (χ1) is 9.11. The second-order valence-corrected chi connectivity index (χ2v) is 4.28. The second kappa shape index (κ2) is 5.84. The number of nitrogens with zero attached hydrogens (tertiary/aromatic N) is 2. The van der Waals surface area contributed by atoms with Gasteiger partial charge in [-0.3, -0.25) is 0 Å². The molecule has 0 aliphatic heterocycles. The van der Waals surface area contributed by atoms with E-state index in [9.17, 15) is 9.50 Å². The fraction of sp³-hybridized carbons (Fsp3) is 0.357. The first-order valence-corrected chi connectivity index (χ1v) is 6.22. The van der Waals surface area contributed by atoms with Gasteiger partial charge in [0.05, 0.1) is 6.10 Å². The summed E-state index contributed by atoms with van der Waals surface area (Å²) >= 11 is 0. The van der Waals surface area contributed by atoms with E-state index in [1.165, 1.54) is 12.1 Å². The van der Waals surface area contributed by atoms with Crippen molar-refractivity contribution in [2.75, 3.05) is 0 Å². The number of hydrogen-bond donors (Lipinski definition) is 1. The Morgan fingerprint density at radius 1 is 1.47 bits per heavy atom. The minimum Gasteiger partial charge on any atom is -0.483 e. The first kappa shape index (κ1) is 13.5. The van der Waals surface area contributed by atoms with Crippen LogP contribution in [-0.4, -0.2) is 14.7 Å². The molecule has 0 aliphatic rings. The number of benzene rings is 1. The fourth-order valence-corrected chi connectivity index (χ4v) is 1.80. The SMILES string of the molecule is CCn1ccnc1COc1ccc([C@H](C)O)cc1F. The lowest BCUT2D eigenvalue weighted by atomic mass is 10.1. The van der Waals surface area contributed by atoms with Crippen molar-refractivity contribution in [3.8, 4) is 5.75 Å². The van der Waals surface area contributed by atoms with Crippen LogP contribution in [0.4, 0.5) is 4.39 Å². The molecule has 0 aliphatic carbocycles. The molecule has 0 unspecified atom stereocenters. The first-order valence-electron chi connectivity index (χ1n) is 6.22. The summed E-state index contributed by atoms with van der Waals surface area (Å²) in [5.74, 6) is 0.435. The van der Waals surface area contributed by atoms with E-state index in [1.54, 1.807) is 19.2 Å². The lowest BCUT2D eigenvalue weighted by Crippen LogP contribution is -2.06. The van der Waals surface area contributed by atoms with Crippen LogP contribution >= 0.6 is 0 Å². The van der Waals surface area contributed by atoms with E-state index in [0.29, 0.717) is 5.56 Å². The number of rotatable bonds is 5. The third-order valence-corrected chi connectivity index (χ3v) is 2.94. The summed E-state index contributed by atoms with van der Waals surface area (Å²) in [5, 5.41) is 9.37. The van der Waals surface area contributed by atoms with E-state index in [0.717, 1.165) is 12.4 Å². The van der Waals surface area contributed by atoms with Gasteiger partial charge in [0, 0.05) is 18.9 Å². The summed E-state index contributed by atoms with van der Waals surface area (Å²) in [4.78, 5) is 4.15. The predicted octanol–water partition coefficient (Wildman–Crippen LogP) is 2.67. The van der Waals surface area contributed by atoms with Crippen LogP contribution in [-0.2, 0) is 13.2 Å². The van der Waals surface area contributed by atoms with Gasteiger partial charge in [-0.2, -0.15) is 0 Å². The van der Waals surface area contributed by atoms with Crippen LogP contribution in [0.1, 0.15) is 31.3 Å². The van der Waals surface area contributed by atoms with Crippen LogP contribution in [0.5, 0.6) is 5.75 Å². The Morgan fingerprint density at radius 2 is 2.26 bits per heavy atom. The molecule has 1 aromatic carbocycles. The summed E-state index contributed by atoms with van der Waals surface area (Å²) in [5.41, 5.74) is 0.528. The van der Waals surface area contributed by atoms with E-state index in [4.69, 9.17) is 4.74 Å². The molecule has 0 radical (unpaired) electrons. The van der Waals surface area contributed by atoms with Crippen molar-refractivity contribution in [1.29, 1.82) is 0 Å². The third kappa shape index (κ3) is 3.12. The Hall–Kier alpha value is -1.88. The van der Waals surface area contributed by atoms with Crippen molar-refractivity contribution in [3.05, 3.63) is 47.8 Å². The molecule has 0 saturated heterocycles. The molecule has 0 fully saturated rings. The van der Waals surface area contributed by atoms with Crippen LogP contribution in [0.25, 0.3) is 0 Å². The van der Waals surface area contributed by atoms with Gasteiger partial charge in [0.2, 0.25) is 0 Å². The highest BCUT2D eigenvalue weighted by Crippen LogP contribution is 2.22. The Kier molecular flexibility index (Phi) is 4.16. The zero-order valence-corrected chi connectivity index (χ0v) is 11.0. The van der Waals surface area contributed by atoms with Crippen LogP contribution in [0, 0.1) is 5.82 Å². The predicted molar refractivity (Wildman–Crippen MR) is 69.3 cm³/mol. The smallest absolute Gasteiger partial charge is 0.165 e. The molecule has 19 heavy (non-hydrogen) atoms. The van der Waals surface area contributed by atoms with Gasteiger partial charge in [-0.15, -0.1) is 0 Å². The molecule has 102 valence electrons. The lowest BCUT2D eigenvalue weighted by Gasteiger charge is -2.10. The van der Waals surface area contributed by atoms with Gasteiger partial charge in [-0.25, -0.2) is 9.37 Å². The molecule has 2 rings (SSSR count). The van der Waals surface area contributed by atoms with Crippen molar-refractivity contribution in [2.24, 2.45) is 0 Å². The Morgan fingerprint density at radius 3 is 2.89 bits per heavy atom. The van der Waals surface area contributed by atoms with Crippen molar-refractivity contribution in [1.82, 2.24) is 9.55 Å². The van der Waals surface area contributed by atoms with Crippen molar-refractivity contribution < 1.29 is 14.2 Å². The number of halogens is 1. The number of aromatic nitrogens is 2. The van der Waals surface area contributed by atoms with E-state index in [-0.39, 0.29) is 12.4 Å². The number of aryl methyl sites for hydroxylation is 1. The molecular formula is C14H17FN2O2. The average molecular weight is 264 g/mol. The number of ether oxygens (including phenoxy) is 1. The highest BCUT2D eigenvalue weighted by atomic mass is 19.1. The topological polar surface area (TPSA) is 47.3 Å². The number of imidazole rings is 1. The standard InChI is InChI=1S/C14H17FN2O2/c1-3-17-7-6-16-14(17)9-19-13-5-4-11(10(2)18)8-12(13)15/h4-8,10,18H,3,9H2,1-2H3/t10-/m0/s1. The molecule has 0 spiro atoms. The largest absolute Gasteiger partial charge is 0.483 e. The van der Waals surface area contributed by atoms with Crippen molar-refractivity contribution >= 4 is 0 Å². The van der Waals surface area contributed by atoms with Gasteiger partial charge in [0.1, 0.15) is 12.4 Å². The summed E-state index contributed by atoms with van der Waals surface area (Å²) in [6, 6.07) is 4.46. The summed E-state index contributed by atoms with van der Waals surface area (Å²) in [6.07, 6.45) is 2.85. The van der Waals surface area contributed by atoms with E-state index < -0.39 is 11.9 Å². The van der Waals surface area contributed by atoms with Gasteiger partial charge >= 0.3 is 0 Å². The van der Waals surface area contributed by atoms with Crippen LogP contribution < -0.4 is 4.74 Å². The normalized spacial score (nSPS) is 12.4. The van der Waals surface area contributed by atoms with Gasteiger partial charge in [-0.1, -0.05) is 6.07 Å². The van der Waals surface area contributed by atoms with Crippen LogP contribution in [0.15, 0.2) is 30.6 Å². The van der Waals surface area contributed by atoms with Gasteiger partial charge < -0.3 is 14.4 Å². The van der Waals surface area contributed by atoms with E-state index in [1.807, 2.05) is 17.7 Å². The van der Waals surface area contributed by atoms with Gasteiger partial charge in [-0.05, 0) is 31.5 Å². The minimum absolute atomic E-state index is 0.162.